The molecular formula is C26H20N4O4. The highest BCUT2D eigenvalue weighted by atomic mass is 16.3. The number of nitrogens with zero attached hydrogens (tertiary/aromatic N) is 1. The van der Waals surface area contributed by atoms with Gasteiger partial charge in [0, 0.05) is 16.6 Å². The summed E-state index contributed by atoms with van der Waals surface area (Å²) in [6.45, 7) is 1.93. The minimum Gasteiger partial charge on any atom is -0.507 e. The van der Waals surface area contributed by atoms with E-state index in [1.165, 1.54) is 6.07 Å². The van der Waals surface area contributed by atoms with Crippen LogP contribution in [0.1, 0.15) is 26.6 Å². The van der Waals surface area contributed by atoms with Crippen molar-refractivity contribution in [3.63, 3.8) is 0 Å². The Bertz CT molecular complexity index is 1530. The summed E-state index contributed by atoms with van der Waals surface area (Å²) >= 11 is 0. The number of aromatic amines is 1. The van der Waals surface area contributed by atoms with Crippen molar-refractivity contribution >= 4 is 34.2 Å². The number of carbonyl (C=O) groups is 2. The summed E-state index contributed by atoms with van der Waals surface area (Å²) < 4.78 is 5.80. The van der Waals surface area contributed by atoms with Gasteiger partial charge in [0.2, 0.25) is 5.76 Å². The van der Waals surface area contributed by atoms with E-state index in [0.29, 0.717) is 27.9 Å². The van der Waals surface area contributed by atoms with Crippen molar-refractivity contribution in [3.8, 4) is 17.0 Å². The van der Waals surface area contributed by atoms with Crippen LogP contribution in [-0.4, -0.2) is 27.1 Å². The molecule has 4 N–H and O–H groups in total. The fraction of sp³-hybridized carbons (Fsp3) is 0.0385. The lowest BCUT2D eigenvalue weighted by molar-refractivity contribution is 0.0999. The van der Waals surface area contributed by atoms with Gasteiger partial charge in [0.1, 0.15) is 22.7 Å². The number of furan rings is 1. The van der Waals surface area contributed by atoms with Gasteiger partial charge in [-0.05, 0) is 55.0 Å². The summed E-state index contributed by atoms with van der Waals surface area (Å²) in [5.41, 5.74) is 3.39. The highest BCUT2D eigenvalue weighted by Crippen LogP contribution is 2.32. The Balaban J connectivity index is 1.46. The van der Waals surface area contributed by atoms with E-state index in [4.69, 9.17) is 4.42 Å². The molecule has 0 atom stereocenters. The van der Waals surface area contributed by atoms with E-state index in [2.05, 4.69) is 20.8 Å². The monoisotopic (exact) mass is 452 g/mol. The number of hydrogen-bond donors (Lipinski definition) is 4. The smallest absolute Gasteiger partial charge is 0.293 e. The normalized spacial score (nSPS) is 10.9. The summed E-state index contributed by atoms with van der Waals surface area (Å²) in [7, 11) is 0. The molecule has 0 radical (unpaired) electrons. The molecule has 5 aromatic rings. The third-order valence-electron chi connectivity index (χ3n) is 5.32. The summed E-state index contributed by atoms with van der Waals surface area (Å²) in [5, 5.41) is 23.1. The number of benzene rings is 3. The molecule has 34 heavy (non-hydrogen) atoms. The van der Waals surface area contributed by atoms with Crippen LogP contribution in [0.25, 0.3) is 22.2 Å². The zero-order chi connectivity index (χ0) is 23.7. The Hall–Kier alpha value is -4.85. The topological polar surface area (TPSA) is 120 Å². The quantitative estimate of drug-likeness (QED) is 0.287. The molecule has 0 aliphatic carbocycles. The second-order valence-corrected chi connectivity index (χ2v) is 7.76. The number of phenolic OH excluding ortho intramolecular Hbond substituents is 1. The number of H-pyrrole nitrogens is 1. The second kappa shape index (κ2) is 8.59. The third-order valence-corrected chi connectivity index (χ3v) is 5.32. The van der Waals surface area contributed by atoms with Crippen LogP contribution >= 0.6 is 0 Å². The Morgan fingerprint density at radius 2 is 1.71 bits per heavy atom. The van der Waals surface area contributed by atoms with E-state index in [1.807, 2.05) is 25.1 Å². The van der Waals surface area contributed by atoms with Crippen molar-refractivity contribution in [1.82, 2.24) is 10.2 Å². The average Bonchev–Trinajstić information content (AvgIpc) is 3.45. The fourth-order valence-corrected chi connectivity index (χ4v) is 3.69. The van der Waals surface area contributed by atoms with Gasteiger partial charge in [0.15, 0.2) is 0 Å². The second-order valence-electron chi connectivity index (χ2n) is 7.76. The van der Waals surface area contributed by atoms with E-state index in [-0.39, 0.29) is 22.9 Å². The van der Waals surface area contributed by atoms with Gasteiger partial charge in [-0.1, -0.05) is 36.4 Å². The molecule has 0 spiro atoms. The van der Waals surface area contributed by atoms with Crippen molar-refractivity contribution in [2.24, 2.45) is 0 Å². The van der Waals surface area contributed by atoms with Gasteiger partial charge in [-0.15, -0.1) is 0 Å². The molecule has 0 unspecified atom stereocenters. The molecule has 0 bridgehead atoms. The minimum atomic E-state index is -0.509. The lowest BCUT2D eigenvalue weighted by Gasteiger charge is -2.07. The Kier molecular flexibility index (Phi) is 5.31. The minimum absolute atomic E-state index is 0.0171. The fourth-order valence-electron chi connectivity index (χ4n) is 3.69. The molecule has 0 saturated heterocycles. The third kappa shape index (κ3) is 4.00. The van der Waals surface area contributed by atoms with E-state index in [9.17, 15) is 14.7 Å². The van der Waals surface area contributed by atoms with Gasteiger partial charge < -0.3 is 20.2 Å². The van der Waals surface area contributed by atoms with Gasteiger partial charge in [0.05, 0.1) is 5.69 Å². The molecule has 5 rings (SSSR count). The number of aryl methyl sites for hydroxylation is 1. The lowest BCUT2D eigenvalue weighted by atomic mass is 10.1. The van der Waals surface area contributed by atoms with Crippen LogP contribution in [0.5, 0.6) is 5.75 Å². The number of hydrogen-bond acceptors (Lipinski definition) is 5. The molecule has 2 aromatic heterocycles. The van der Waals surface area contributed by atoms with Crippen LogP contribution in [0.4, 0.5) is 11.4 Å². The zero-order valence-corrected chi connectivity index (χ0v) is 18.1. The number of rotatable bonds is 5. The van der Waals surface area contributed by atoms with E-state index in [0.717, 1.165) is 5.56 Å². The van der Waals surface area contributed by atoms with Crippen molar-refractivity contribution < 1.29 is 19.1 Å². The van der Waals surface area contributed by atoms with Gasteiger partial charge in [0.25, 0.3) is 11.8 Å². The molecule has 0 aliphatic rings. The maximum absolute atomic E-state index is 13.1. The highest BCUT2D eigenvalue weighted by molar-refractivity contribution is 6.16. The van der Waals surface area contributed by atoms with Gasteiger partial charge in [-0.25, -0.2) is 0 Å². The first-order valence-electron chi connectivity index (χ1n) is 10.5. The number of para-hydroxylation sites is 2. The molecule has 168 valence electrons. The zero-order valence-electron chi connectivity index (χ0n) is 18.1. The summed E-state index contributed by atoms with van der Waals surface area (Å²) in [4.78, 5) is 26.1. The number of nitrogens with one attached hydrogen (secondary N) is 3. The molecule has 8 nitrogen and oxygen atoms in total. The highest BCUT2D eigenvalue weighted by Gasteiger charge is 2.24. The van der Waals surface area contributed by atoms with Gasteiger partial charge in [-0.2, -0.15) is 5.10 Å². The summed E-state index contributed by atoms with van der Waals surface area (Å²) in [5.74, 6) is -0.963. The number of phenols is 1. The Morgan fingerprint density at radius 1 is 0.912 bits per heavy atom. The number of aromatic nitrogens is 2. The average molecular weight is 452 g/mol. The number of anilines is 2. The van der Waals surface area contributed by atoms with Gasteiger partial charge in [-0.3, -0.25) is 14.7 Å². The molecule has 0 fully saturated rings. The van der Waals surface area contributed by atoms with Crippen molar-refractivity contribution in [2.75, 3.05) is 10.6 Å². The van der Waals surface area contributed by atoms with Crippen LogP contribution in [0.2, 0.25) is 0 Å². The Morgan fingerprint density at radius 3 is 2.53 bits per heavy atom. The van der Waals surface area contributed by atoms with Crippen molar-refractivity contribution in [1.29, 1.82) is 0 Å². The predicted molar refractivity (Wildman–Crippen MR) is 129 cm³/mol. The first-order chi connectivity index (χ1) is 16.5. The van der Waals surface area contributed by atoms with Crippen LogP contribution < -0.4 is 10.6 Å². The molecule has 3 aromatic carbocycles. The van der Waals surface area contributed by atoms with Crippen LogP contribution in [-0.2, 0) is 0 Å². The molecule has 2 amide bonds. The number of aromatic hydroxyl groups is 1. The molecule has 0 saturated carbocycles. The summed E-state index contributed by atoms with van der Waals surface area (Å²) in [6.07, 6.45) is 0. The van der Waals surface area contributed by atoms with Crippen LogP contribution in [0.3, 0.4) is 0 Å². The number of amides is 2. The molecular weight excluding hydrogens is 432 g/mol. The first-order valence-corrected chi connectivity index (χ1v) is 10.5. The standard InChI is InChI=1S/C26H20N4O4/c1-15-7-6-8-16(13-15)27-26(33)24-23(18-10-3-5-12-22(18)34-24)28-25(32)20-14-19(29-30-20)17-9-2-4-11-21(17)31/h2-14,31H,1H3,(H,27,33)(H,28,32)(H,29,30). The number of fused-ring (bicyclic) bond motifs is 1. The SMILES string of the molecule is Cc1cccc(NC(=O)c2oc3ccccc3c2NC(=O)c2cc(-c3ccccc3O)n[nH]2)c1. The van der Waals surface area contributed by atoms with Crippen LogP contribution in [0, 0.1) is 6.92 Å². The van der Waals surface area contributed by atoms with Crippen molar-refractivity contribution in [3.05, 3.63) is 95.9 Å². The molecule has 0 aliphatic heterocycles. The maximum Gasteiger partial charge on any atom is 0.293 e. The number of carbonyl (C=O) groups excluding carboxylic acids is 2. The van der Waals surface area contributed by atoms with Gasteiger partial charge >= 0.3 is 0 Å². The van der Waals surface area contributed by atoms with E-state index in [1.54, 1.807) is 54.6 Å². The van der Waals surface area contributed by atoms with Crippen molar-refractivity contribution in [2.45, 2.75) is 6.92 Å². The molecule has 8 heteroatoms. The maximum atomic E-state index is 13.1. The lowest BCUT2D eigenvalue weighted by Crippen LogP contribution is -2.17. The molecule has 2 heterocycles. The first kappa shape index (κ1) is 21.0. The van der Waals surface area contributed by atoms with Crippen LogP contribution in [0.15, 0.2) is 83.3 Å². The largest absolute Gasteiger partial charge is 0.507 e. The predicted octanol–water partition coefficient (Wildman–Crippen LogP) is 5.34. The summed E-state index contributed by atoms with van der Waals surface area (Å²) in [6, 6.07) is 22.7. The van der Waals surface area contributed by atoms with E-state index < -0.39 is 11.8 Å². The van der Waals surface area contributed by atoms with E-state index >= 15 is 0 Å². The Labute approximate surface area is 194 Å².